The van der Waals surface area contributed by atoms with Crippen LogP contribution in [0.3, 0.4) is 0 Å². The van der Waals surface area contributed by atoms with Gasteiger partial charge >= 0.3 is 0 Å². The molecule has 1 aromatic carbocycles. The first-order valence-electron chi connectivity index (χ1n) is 12.2. The van der Waals surface area contributed by atoms with Gasteiger partial charge in [0.2, 0.25) is 10.0 Å². The molecule has 35 heavy (non-hydrogen) atoms. The fourth-order valence-electron chi connectivity index (χ4n) is 5.87. The third-order valence-corrected chi connectivity index (χ3v) is 11.1. The molecule has 0 bridgehead atoms. The van der Waals surface area contributed by atoms with E-state index in [1.165, 1.54) is 19.7 Å². The van der Waals surface area contributed by atoms with Gasteiger partial charge in [0.05, 0.1) is 20.0 Å². The zero-order chi connectivity index (χ0) is 25.4. The van der Waals surface area contributed by atoms with Crippen molar-refractivity contribution in [2.24, 2.45) is 5.92 Å². The van der Waals surface area contributed by atoms with E-state index in [2.05, 4.69) is 15.7 Å². The van der Waals surface area contributed by atoms with Gasteiger partial charge in [-0.2, -0.15) is 17.0 Å². The molecule has 3 atom stereocenters. The lowest BCUT2D eigenvalue weighted by atomic mass is 9.77. The number of ether oxygens (including phenoxy) is 2. The smallest absolute Gasteiger partial charge is 0.278 e. The van der Waals surface area contributed by atoms with Crippen LogP contribution >= 0.6 is 0 Å². The molecule has 1 N–H and O–H groups in total. The first-order chi connectivity index (χ1) is 16.6. The Balaban J connectivity index is 1.52. The van der Waals surface area contributed by atoms with E-state index in [-0.39, 0.29) is 30.8 Å². The van der Waals surface area contributed by atoms with Crippen molar-refractivity contribution < 1.29 is 26.3 Å². The van der Waals surface area contributed by atoms with Crippen LogP contribution in [0.15, 0.2) is 12.1 Å². The summed E-state index contributed by atoms with van der Waals surface area (Å²) in [7, 11) is -0.924. The van der Waals surface area contributed by atoms with Crippen molar-refractivity contribution >= 4 is 20.2 Å². The number of nitrogens with one attached hydrogen (secondary N) is 1. The maximum absolute atomic E-state index is 13.4. The highest BCUT2D eigenvalue weighted by atomic mass is 32.2. The number of piperidine rings is 2. The minimum absolute atomic E-state index is 0.0738. The highest BCUT2D eigenvalue weighted by Gasteiger charge is 2.46. The molecule has 12 heteroatoms. The van der Waals surface area contributed by atoms with Crippen molar-refractivity contribution in [3.05, 3.63) is 23.3 Å². The molecular formula is C23H38N4O6S2. The second kappa shape index (κ2) is 10.5. The molecule has 2 fully saturated rings. The normalized spacial score (nSPS) is 25.6. The van der Waals surface area contributed by atoms with Crippen LogP contribution in [0, 0.1) is 5.92 Å². The summed E-state index contributed by atoms with van der Waals surface area (Å²) in [6.07, 6.45) is 3.75. The van der Waals surface area contributed by atoms with Gasteiger partial charge in [0, 0.05) is 57.9 Å². The van der Waals surface area contributed by atoms with Gasteiger partial charge in [0.15, 0.2) is 11.5 Å². The maximum Gasteiger partial charge on any atom is 0.278 e. The van der Waals surface area contributed by atoms with Gasteiger partial charge < -0.3 is 9.47 Å². The Bertz CT molecular complexity index is 1130. The lowest BCUT2D eigenvalue weighted by molar-refractivity contribution is 0.0209. The van der Waals surface area contributed by atoms with Gasteiger partial charge in [-0.3, -0.25) is 4.90 Å². The lowest BCUT2D eigenvalue weighted by Crippen LogP contribution is -2.57. The summed E-state index contributed by atoms with van der Waals surface area (Å²) < 4.78 is 67.2. The van der Waals surface area contributed by atoms with E-state index in [1.54, 1.807) is 18.5 Å². The number of methoxy groups -OCH3 is 2. The summed E-state index contributed by atoms with van der Waals surface area (Å²) in [6, 6.07) is 4.05. The maximum atomic E-state index is 13.4. The third kappa shape index (κ3) is 5.33. The summed E-state index contributed by atoms with van der Waals surface area (Å²) in [4.78, 5) is 2.48. The van der Waals surface area contributed by atoms with E-state index < -0.39 is 20.2 Å². The van der Waals surface area contributed by atoms with Crippen LogP contribution in [0.5, 0.6) is 11.5 Å². The molecule has 0 aliphatic carbocycles. The predicted octanol–water partition coefficient (Wildman–Crippen LogP) is 1.20. The Hall–Kier alpha value is -1.44. The number of rotatable bonds is 9. The van der Waals surface area contributed by atoms with Crippen molar-refractivity contribution in [2.45, 2.75) is 44.2 Å². The number of hydrogen-bond acceptors (Lipinski definition) is 7. The first kappa shape index (κ1) is 26.6. The molecule has 3 aliphatic heterocycles. The summed E-state index contributed by atoms with van der Waals surface area (Å²) in [5, 5.41) is 0. The second-order valence-electron chi connectivity index (χ2n) is 9.80. The van der Waals surface area contributed by atoms with E-state index in [1.807, 2.05) is 6.07 Å². The summed E-state index contributed by atoms with van der Waals surface area (Å²) >= 11 is 0. The van der Waals surface area contributed by atoms with Crippen LogP contribution < -0.4 is 14.2 Å². The average molecular weight is 531 g/mol. The van der Waals surface area contributed by atoms with Crippen LogP contribution in [-0.4, -0.2) is 96.6 Å². The van der Waals surface area contributed by atoms with E-state index in [0.29, 0.717) is 24.6 Å². The van der Waals surface area contributed by atoms with Crippen molar-refractivity contribution in [3.8, 4) is 11.5 Å². The molecule has 2 saturated heterocycles. The SMILES string of the molecule is COc1ccc2c(c1OC)[C@@H]1C[C@H]3[C@H](CCCN3S(=O)(=O)CCCNS(=O)(=O)N(C)C)CN1CC2. The van der Waals surface area contributed by atoms with Gasteiger partial charge in [-0.1, -0.05) is 6.07 Å². The Labute approximate surface area is 209 Å². The van der Waals surface area contributed by atoms with Crippen LogP contribution in [0.4, 0.5) is 0 Å². The summed E-state index contributed by atoms with van der Waals surface area (Å²) in [5.41, 5.74) is 2.36. The highest BCUT2D eigenvalue weighted by Crippen LogP contribution is 2.48. The van der Waals surface area contributed by atoms with Gasteiger partial charge in [0.25, 0.3) is 10.2 Å². The molecule has 0 radical (unpaired) electrons. The molecule has 0 spiro atoms. The van der Waals surface area contributed by atoms with Crippen molar-refractivity contribution in [1.29, 1.82) is 0 Å². The zero-order valence-corrected chi connectivity index (χ0v) is 22.7. The van der Waals surface area contributed by atoms with Crippen molar-refractivity contribution in [1.82, 2.24) is 18.2 Å². The van der Waals surface area contributed by atoms with Crippen LogP contribution in [0.2, 0.25) is 0 Å². The Morgan fingerprint density at radius 3 is 2.57 bits per heavy atom. The number of nitrogens with zero attached hydrogens (tertiary/aromatic N) is 3. The minimum Gasteiger partial charge on any atom is -0.493 e. The van der Waals surface area contributed by atoms with E-state index in [0.717, 1.165) is 48.0 Å². The number of sulfonamides is 1. The van der Waals surface area contributed by atoms with Crippen LogP contribution in [0.1, 0.15) is 42.9 Å². The topological polar surface area (TPSA) is 108 Å². The number of hydrogen-bond donors (Lipinski definition) is 1. The molecule has 10 nitrogen and oxygen atoms in total. The van der Waals surface area contributed by atoms with Gasteiger partial charge in [-0.15, -0.1) is 0 Å². The molecule has 198 valence electrons. The molecule has 1 aromatic rings. The molecule has 4 rings (SSSR count). The van der Waals surface area contributed by atoms with E-state index >= 15 is 0 Å². The Morgan fingerprint density at radius 1 is 1.11 bits per heavy atom. The van der Waals surface area contributed by atoms with Crippen molar-refractivity contribution in [2.75, 3.05) is 60.2 Å². The average Bonchev–Trinajstić information content (AvgIpc) is 2.83. The third-order valence-electron chi connectivity index (χ3n) is 7.62. The number of fused-ring (bicyclic) bond motifs is 4. The van der Waals surface area contributed by atoms with Crippen molar-refractivity contribution in [3.63, 3.8) is 0 Å². The highest BCUT2D eigenvalue weighted by molar-refractivity contribution is 7.89. The molecule has 0 aromatic heterocycles. The van der Waals surface area contributed by atoms with Crippen LogP contribution in [0.25, 0.3) is 0 Å². The number of benzene rings is 1. The standard InChI is InChI=1S/C23H38N4O6S2/c1-25(2)35(30,31)24-11-6-14-34(28,29)27-12-5-7-18-16-26-13-10-17-8-9-21(32-3)23(33-4)22(17)20(26)15-19(18)27/h8-9,18-20,24H,5-7,10-16H2,1-4H3/t18-,19+,20+/m1/s1. The lowest BCUT2D eigenvalue weighted by Gasteiger charge is -2.52. The molecular weight excluding hydrogens is 492 g/mol. The summed E-state index contributed by atoms with van der Waals surface area (Å²) in [6.45, 7) is 2.42. The minimum atomic E-state index is -3.57. The second-order valence-corrected chi connectivity index (χ2v) is 13.8. The Kier molecular flexibility index (Phi) is 7.99. The zero-order valence-electron chi connectivity index (χ0n) is 21.1. The molecule has 0 saturated carbocycles. The fourth-order valence-corrected chi connectivity index (χ4v) is 8.35. The largest absolute Gasteiger partial charge is 0.493 e. The van der Waals surface area contributed by atoms with Gasteiger partial charge in [-0.25, -0.2) is 13.1 Å². The van der Waals surface area contributed by atoms with Gasteiger partial charge in [0.1, 0.15) is 0 Å². The van der Waals surface area contributed by atoms with Gasteiger partial charge in [-0.05, 0) is 49.7 Å². The quantitative estimate of drug-likeness (QED) is 0.478. The monoisotopic (exact) mass is 530 g/mol. The molecule has 0 amide bonds. The van der Waals surface area contributed by atoms with E-state index in [4.69, 9.17) is 9.47 Å². The summed E-state index contributed by atoms with van der Waals surface area (Å²) in [5.74, 6) is 1.66. The Morgan fingerprint density at radius 2 is 1.89 bits per heavy atom. The first-order valence-corrected chi connectivity index (χ1v) is 15.3. The van der Waals surface area contributed by atoms with E-state index in [9.17, 15) is 16.8 Å². The molecule has 0 unspecified atom stereocenters. The van der Waals surface area contributed by atoms with Crippen LogP contribution in [-0.2, 0) is 26.7 Å². The molecule has 3 heterocycles. The fraction of sp³-hybridized carbons (Fsp3) is 0.739. The predicted molar refractivity (Wildman–Crippen MR) is 134 cm³/mol. The molecule has 3 aliphatic rings.